The standard InChI is InChI=1S/C31H36N4O4/c1-20-10-9-13-22(16-20)35(30(32)38)27-18-25(21-11-7-6-8-12-21)24-15-14-23(39-5)17-26(24)34(29(27)37)19-28(36)33-31(2,3)4/h6-17,25,27H,18-19H2,1-5H3,(H2,32,38)(H,33,36). The predicted molar refractivity (Wildman–Crippen MR) is 153 cm³/mol. The molecule has 39 heavy (non-hydrogen) atoms. The van der Waals surface area contributed by atoms with Gasteiger partial charge in [0.2, 0.25) is 5.91 Å². The largest absolute Gasteiger partial charge is 0.497 e. The average Bonchev–Trinajstić information content (AvgIpc) is 2.98. The minimum absolute atomic E-state index is 0.227. The van der Waals surface area contributed by atoms with E-state index in [1.807, 2.05) is 88.4 Å². The van der Waals surface area contributed by atoms with Gasteiger partial charge in [0.25, 0.3) is 5.91 Å². The van der Waals surface area contributed by atoms with Crippen LogP contribution in [0.15, 0.2) is 72.8 Å². The van der Waals surface area contributed by atoms with Crippen LogP contribution < -0.4 is 25.6 Å². The van der Waals surface area contributed by atoms with Crippen LogP contribution in [0.4, 0.5) is 16.2 Å². The molecule has 8 heteroatoms. The molecule has 4 rings (SSSR count). The molecule has 0 saturated heterocycles. The fourth-order valence-electron chi connectivity index (χ4n) is 5.15. The van der Waals surface area contributed by atoms with Crippen LogP contribution in [0.3, 0.4) is 0 Å². The highest BCUT2D eigenvalue weighted by Gasteiger charge is 2.41. The molecule has 0 saturated carbocycles. The van der Waals surface area contributed by atoms with E-state index in [2.05, 4.69) is 5.32 Å². The summed E-state index contributed by atoms with van der Waals surface area (Å²) in [5.74, 6) is -0.420. The SMILES string of the molecule is COc1ccc2c(c1)N(CC(=O)NC(C)(C)C)C(=O)C(N(C(N)=O)c1cccc(C)c1)CC2c1ccccc1. The van der Waals surface area contributed by atoms with Gasteiger partial charge in [-0.3, -0.25) is 14.5 Å². The van der Waals surface area contributed by atoms with Gasteiger partial charge >= 0.3 is 6.03 Å². The number of carbonyl (C=O) groups excluding carboxylic acids is 3. The van der Waals surface area contributed by atoms with Crippen LogP contribution >= 0.6 is 0 Å². The van der Waals surface area contributed by atoms with Crippen molar-refractivity contribution in [3.8, 4) is 5.75 Å². The van der Waals surface area contributed by atoms with E-state index < -0.39 is 23.5 Å². The zero-order chi connectivity index (χ0) is 28.3. The molecule has 2 unspecified atom stereocenters. The van der Waals surface area contributed by atoms with Gasteiger partial charge in [-0.15, -0.1) is 0 Å². The molecule has 3 N–H and O–H groups in total. The van der Waals surface area contributed by atoms with Gasteiger partial charge in [0.15, 0.2) is 0 Å². The third-order valence-electron chi connectivity index (χ3n) is 6.76. The van der Waals surface area contributed by atoms with Crippen molar-refractivity contribution in [3.05, 3.63) is 89.5 Å². The number of hydrogen-bond donors (Lipinski definition) is 2. The second kappa shape index (κ2) is 11.2. The topological polar surface area (TPSA) is 105 Å². The molecular formula is C31H36N4O4. The number of aryl methyl sites for hydroxylation is 1. The maximum Gasteiger partial charge on any atom is 0.320 e. The summed E-state index contributed by atoms with van der Waals surface area (Å²) in [7, 11) is 1.56. The summed E-state index contributed by atoms with van der Waals surface area (Å²) in [6.45, 7) is 7.33. The van der Waals surface area contributed by atoms with Crippen molar-refractivity contribution in [2.24, 2.45) is 5.73 Å². The minimum atomic E-state index is -0.963. The highest BCUT2D eigenvalue weighted by atomic mass is 16.5. The van der Waals surface area contributed by atoms with Gasteiger partial charge in [-0.1, -0.05) is 48.5 Å². The fraction of sp³-hybridized carbons (Fsp3) is 0.323. The van der Waals surface area contributed by atoms with E-state index in [9.17, 15) is 14.4 Å². The second-order valence-electron chi connectivity index (χ2n) is 10.9. The Morgan fingerprint density at radius 3 is 2.38 bits per heavy atom. The number of nitrogens with one attached hydrogen (secondary N) is 1. The van der Waals surface area contributed by atoms with Gasteiger partial charge in [-0.2, -0.15) is 0 Å². The number of amides is 4. The molecule has 0 aliphatic carbocycles. The summed E-state index contributed by atoms with van der Waals surface area (Å²) in [5, 5.41) is 2.95. The lowest BCUT2D eigenvalue weighted by Crippen LogP contribution is -2.55. The first-order chi connectivity index (χ1) is 18.5. The number of rotatable bonds is 6. The third-order valence-corrected chi connectivity index (χ3v) is 6.76. The molecule has 1 aliphatic heterocycles. The second-order valence-corrected chi connectivity index (χ2v) is 10.9. The van der Waals surface area contributed by atoms with E-state index in [1.165, 1.54) is 9.80 Å². The quantitative estimate of drug-likeness (QED) is 0.482. The number of ether oxygens (including phenoxy) is 1. The lowest BCUT2D eigenvalue weighted by atomic mass is 9.85. The van der Waals surface area contributed by atoms with Gasteiger partial charge < -0.3 is 20.7 Å². The molecule has 3 aromatic carbocycles. The molecular weight excluding hydrogens is 492 g/mol. The number of carbonyl (C=O) groups is 3. The summed E-state index contributed by atoms with van der Waals surface area (Å²) in [4.78, 5) is 43.4. The van der Waals surface area contributed by atoms with E-state index >= 15 is 0 Å². The highest BCUT2D eigenvalue weighted by molar-refractivity contribution is 6.08. The van der Waals surface area contributed by atoms with Gasteiger partial charge in [-0.25, -0.2) is 4.79 Å². The number of hydrogen-bond acceptors (Lipinski definition) is 4. The molecule has 0 aromatic heterocycles. The fourth-order valence-corrected chi connectivity index (χ4v) is 5.15. The Morgan fingerprint density at radius 2 is 1.77 bits per heavy atom. The van der Waals surface area contributed by atoms with Crippen LogP contribution in [0.1, 0.15) is 49.8 Å². The maximum absolute atomic E-state index is 14.4. The molecule has 2 atom stereocenters. The zero-order valence-electron chi connectivity index (χ0n) is 23.1. The lowest BCUT2D eigenvalue weighted by molar-refractivity contribution is -0.125. The first-order valence-corrected chi connectivity index (χ1v) is 13.0. The Hall–Kier alpha value is -4.33. The molecule has 8 nitrogen and oxygen atoms in total. The third kappa shape index (κ3) is 6.22. The van der Waals surface area contributed by atoms with Crippen LogP contribution in [-0.4, -0.2) is 43.1 Å². The van der Waals surface area contributed by atoms with Gasteiger partial charge in [0.1, 0.15) is 18.3 Å². The van der Waals surface area contributed by atoms with Gasteiger partial charge in [0, 0.05) is 23.2 Å². The number of primary amides is 1. The lowest BCUT2D eigenvalue weighted by Gasteiger charge is -2.33. The number of fused-ring (bicyclic) bond motifs is 1. The monoisotopic (exact) mass is 528 g/mol. The van der Waals surface area contributed by atoms with Crippen molar-refractivity contribution in [1.82, 2.24) is 5.32 Å². The molecule has 0 spiro atoms. The van der Waals surface area contributed by atoms with E-state index in [0.717, 1.165) is 16.7 Å². The van der Waals surface area contributed by atoms with Gasteiger partial charge in [-0.05, 0) is 69.0 Å². The molecule has 1 heterocycles. The molecule has 0 fully saturated rings. The van der Waals surface area contributed by atoms with Crippen LogP contribution in [0.25, 0.3) is 0 Å². The Labute approximate surface area is 229 Å². The first kappa shape index (κ1) is 27.7. The number of nitrogens with two attached hydrogens (primary N) is 1. The Balaban J connectivity index is 1.92. The summed E-state index contributed by atoms with van der Waals surface area (Å²) in [5.41, 5.74) is 9.31. The number of benzene rings is 3. The van der Waals surface area contributed by atoms with Crippen molar-refractivity contribution in [3.63, 3.8) is 0 Å². The molecule has 1 aliphatic rings. The van der Waals surface area contributed by atoms with Crippen molar-refractivity contribution in [2.45, 2.75) is 51.6 Å². The molecule has 0 radical (unpaired) electrons. The molecule has 204 valence electrons. The molecule has 3 aromatic rings. The van der Waals surface area contributed by atoms with Crippen molar-refractivity contribution < 1.29 is 19.1 Å². The number of anilines is 2. The van der Waals surface area contributed by atoms with Crippen LogP contribution in [0.5, 0.6) is 5.75 Å². The average molecular weight is 529 g/mol. The maximum atomic E-state index is 14.4. The smallest absolute Gasteiger partial charge is 0.320 e. The van der Waals surface area contributed by atoms with Crippen molar-refractivity contribution in [1.29, 1.82) is 0 Å². The normalized spacial score (nSPS) is 17.2. The zero-order valence-corrected chi connectivity index (χ0v) is 23.1. The van der Waals surface area contributed by atoms with E-state index in [0.29, 0.717) is 17.1 Å². The Morgan fingerprint density at radius 1 is 1.05 bits per heavy atom. The summed E-state index contributed by atoms with van der Waals surface area (Å²) in [6.07, 6.45) is 0.274. The van der Waals surface area contributed by atoms with Crippen molar-refractivity contribution >= 4 is 29.2 Å². The minimum Gasteiger partial charge on any atom is -0.497 e. The number of urea groups is 1. The molecule has 0 bridgehead atoms. The highest BCUT2D eigenvalue weighted by Crippen LogP contribution is 2.42. The van der Waals surface area contributed by atoms with E-state index in [-0.39, 0.29) is 24.8 Å². The summed E-state index contributed by atoms with van der Waals surface area (Å²) < 4.78 is 5.50. The number of methoxy groups -OCH3 is 1. The first-order valence-electron chi connectivity index (χ1n) is 13.0. The summed E-state index contributed by atoms with van der Waals surface area (Å²) >= 11 is 0. The van der Waals surface area contributed by atoms with E-state index in [1.54, 1.807) is 19.2 Å². The Bertz CT molecular complexity index is 1370. The van der Waals surface area contributed by atoms with Crippen LogP contribution in [0, 0.1) is 6.92 Å². The number of nitrogens with zero attached hydrogens (tertiary/aromatic N) is 2. The van der Waals surface area contributed by atoms with Gasteiger partial charge in [0.05, 0.1) is 12.8 Å². The van der Waals surface area contributed by atoms with E-state index in [4.69, 9.17) is 10.5 Å². The van der Waals surface area contributed by atoms with Crippen molar-refractivity contribution in [2.75, 3.05) is 23.5 Å². The van der Waals surface area contributed by atoms with Crippen LogP contribution in [0.2, 0.25) is 0 Å². The molecule has 4 amide bonds. The summed E-state index contributed by atoms with van der Waals surface area (Å²) in [6, 6.07) is 21.0. The predicted octanol–water partition coefficient (Wildman–Crippen LogP) is 4.74. The van der Waals surface area contributed by atoms with Crippen LogP contribution in [-0.2, 0) is 9.59 Å². The Kier molecular flexibility index (Phi) is 7.95.